The quantitative estimate of drug-likeness (QED) is 0.409. The van der Waals surface area contributed by atoms with Gasteiger partial charge in [-0.05, 0) is 18.6 Å². The molecule has 0 aromatic heterocycles. The number of hydrogen-bond donors (Lipinski definition) is 1. The van der Waals surface area contributed by atoms with Crippen LogP contribution in [0.3, 0.4) is 0 Å². The van der Waals surface area contributed by atoms with Crippen LogP contribution < -0.4 is 0 Å². The van der Waals surface area contributed by atoms with Crippen LogP contribution in [-0.4, -0.2) is 34.3 Å². The highest BCUT2D eigenvalue weighted by atomic mass is 35.5. The molecule has 0 amide bonds. The molecule has 0 aromatic carbocycles. The largest absolute Gasteiger partial charge is 0.399 e. The Bertz CT molecular complexity index is 92.7. The number of thiol groups is 1. The summed E-state index contributed by atoms with van der Waals surface area (Å²) in [6.45, 7) is 0. The van der Waals surface area contributed by atoms with E-state index in [1.165, 1.54) is 0 Å². The van der Waals surface area contributed by atoms with Crippen molar-refractivity contribution in [2.75, 3.05) is 20.0 Å². The molecule has 0 aliphatic heterocycles. The predicted molar refractivity (Wildman–Crippen MR) is 53.9 cm³/mol. The molecule has 0 rings (SSSR count). The van der Waals surface area contributed by atoms with Crippen molar-refractivity contribution < 1.29 is 8.85 Å². The first-order valence-corrected chi connectivity index (χ1v) is 6.24. The van der Waals surface area contributed by atoms with Gasteiger partial charge in [0.05, 0.1) is 5.00 Å². The molecule has 0 aliphatic carbocycles. The number of alkyl halides is 1. The van der Waals surface area contributed by atoms with E-state index in [-0.39, 0.29) is 5.00 Å². The molecular formula is C6H15ClO2SSi. The Kier molecular flexibility index (Phi) is 7.95. The Balaban J connectivity index is 3.51. The molecule has 0 N–H and O–H groups in total. The third-order valence-corrected chi connectivity index (χ3v) is 4.40. The van der Waals surface area contributed by atoms with E-state index in [4.69, 9.17) is 20.5 Å². The van der Waals surface area contributed by atoms with Crippen molar-refractivity contribution in [3.63, 3.8) is 0 Å². The van der Waals surface area contributed by atoms with Crippen LogP contribution in [0.15, 0.2) is 0 Å². The van der Waals surface area contributed by atoms with Gasteiger partial charge in [-0.1, -0.05) is 0 Å². The Hall–Kier alpha value is 0.777. The van der Waals surface area contributed by atoms with E-state index in [0.29, 0.717) is 0 Å². The second-order valence-corrected chi connectivity index (χ2v) is 6.14. The van der Waals surface area contributed by atoms with Crippen molar-refractivity contribution in [3.8, 4) is 0 Å². The highest BCUT2D eigenvalue weighted by Gasteiger charge is 2.20. The molecule has 11 heavy (non-hydrogen) atoms. The maximum absolute atomic E-state index is 6.00. The highest BCUT2D eigenvalue weighted by Crippen LogP contribution is 2.10. The molecule has 5 heteroatoms. The van der Waals surface area contributed by atoms with Gasteiger partial charge >= 0.3 is 9.28 Å². The van der Waals surface area contributed by atoms with E-state index < -0.39 is 9.28 Å². The van der Waals surface area contributed by atoms with Gasteiger partial charge in [-0.15, -0.1) is 11.6 Å². The third-order valence-electron chi connectivity index (χ3n) is 1.40. The second kappa shape index (κ2) is 7.43. The molecular weight excluding hydrogens is 200 g/mol. The lowest BCUT2D eigenvalue weighted by Gasteiger charge is -2.15. The SMILES string of the molecule is CO[SiH](OC)C(Cl)CCCS. The zero-order chi connectivity index (χ0) is 8.69. The van der Waals surface area contributed by atoms with E-state index in [9.17, 15) is 0 Å². The summed E-state index contributed by atoms with van der Waals surface area (Å²) in [7, 11) is 1.71. The van der Waals surface area contributed by atoms with E-state index in [1.54, 1.807) is 14.2 Å². The maximum Gasteiger partial charge on any atom is 0.339 e. The van der Waals surface area contributed by atoms with Gasteiger partial charge in [-0.3, -0.25) is 0 Å². The first-order valence-electron chi connectivity index (χ1n) is 3.56. The number of hydrogen-bond acceptors (Lipinski definition) is 3. The summed E-state index contributed by atoms with van der Waals surface area (Å²) < 4.78 is 10.2. The lowest BCUT2D eigenvalue weighted by atomic mass is 10.4. The Morgan fingerprint density at radius 2 is 2.00 bits per heavy atom. The molecule has 0 aliphatic rings. The summed E-state index contributed by atoms with van der Waals surface area (Å²) in [5.74, 6) is 0.873. The van der Waals surface area contributed by atoms with E-state index in [2.05, 4.69) is 12.6 Å². The van der Waals surface area contributed by atoms with Crippen molar-refractivity contribution in [1.82, 2.24) is 0 Å². The molecule has 1 atom stereocenters. The highest BCUT2D eigenvalue weighted by molar-refractivity contribution is 7.80. The zero-order valence-corrected chi connectivity index (χ0v) is 9.72. The average molecular weight is 215 g/mol. The van der Waals surface area contributed by atoms with Crippen LogP contribution in [0.2, 0.25) is 0 Å². The molecule has 0 saturated carbocycles. The van der Waals surface area contributed by atoms with Crippen LogP contribution in [0.5, 0.6) is 0 Å². The minimum atomic E-state index is -1.59. The summed E-state index contributed by atoms with van der Waals surface area (Å²) in [5, 5.41) is 0.0668. The van der Waals surface area contributed by atoms with Gasteiger partial charge in [-0.25, -0.2) is 0 Å². The second-order valence-electron chi connectivity index (χ2n) is 2.22. The fourth-order valence-electron chi connectivity index (χ4n) is 0.814. The van der Waals surface area contributed by atoms with Crippen LogP contribution in [0.4, 0.5) is 0 Å². The maximum atomic E-state index is 6.00. The van der Waals surface area contributed by atoms with Crippen molar-refractivity contribution in [1.29, 1.82) is 0 Å². The summed E-state index contributed by atoms with van der Waals surface area (Å²) >= 11 is 10.1. The monoisotopic (exact) mass is 214 g/mol. The van der Waals surface area contributed by atoms with Crippen LogP contribution in [-0.2, 0) is 8.85 Å². The summed E-state index contributed by atoms with van der Waals surface area (Å²) in [4.78, 5) is 0. The minimum absolute atomic E-state index is 0.0668. The average Bonchev–Trinajstić information content (AvgIpc) is 2.03. The smallest absolute Gasteiger partial charge is 0.339 e. The molecule has 0 heterocycles. The topological polar surface area (TPSA) is 18.5 Å². The molecule has 0 radical (unpaired) electrons. The van der Waals surface area contributed by atoms with Crippen LogP contribution in [0.25, 0.3) is 0 Å². The summed E-state index contributed by atoms with van der Waals surface area (Å²) in [5.41, 5.74) is 0. The lowest BCUT2D eigenvalue weighted by Crippen LogP contribution is -2.31. The Morgan fingerprint density at radius 3 is 2.36 bits per heavy atom. The molecule has 0 saturated heterocycles. The van der Waals surface area contributed by atoms with Gasteiger partial charge in [0.2, 0.25) is 0 Å². The minimum Gasteiger partial charge on any atom is -0.399 e. The molecule has 0 bridgehead atoms. The van der Waals surface area contributed by atoms with Gasteiger partial charge < -0.3 is 8.85 Å². The van der Waals surface area contributed by atoms with Crippen LogP contribution in [0.1, 0.15) is 12.8 Å². The Morgan fingerprint density at radius 1 is 1.45 bits per heavy atom. The molecule has 1 unspecified atom stereocenters. The van der Waals surface area contributed by atoms with E-state index in [0.717, 1.165) is 18.6 Å². The fourth-order valence-corrected chi connectivity index (χ4v) is 3.06. The van der Waals surface area contributed by atoms with Crippen LogP contribution in [0, 0.1) is 0 Å². The number of halogens is 1. The first kappa shape index (κ1) is 11.8. The van der Waals surface area contributed by atoms with E-state index in [1.807, 2.05) is 0 Å². The molecule has 68 valence electrons. The first-order chi connectivity index (χ1) is 5.26. The predicted octanol–water partition coefficient (Wildman–Crippen LogP) is 1.36. The van der Waals surface area contributed by atoms with E-state index >= 15 is 0 Å². The fraction of sp³-hybridized carbons (Fsp3) is 1.00. The van der Waals surface area contributed by atoms with Crippen molar-refractivity contribution in [2.45, 2.75) is 17.8 Å². The van der Waals surface area contributed by atoms with Crippen molar-refractivity contribution in [3.05, 3.63) is 0 Å². The van der Waals surface area contributed by atoms with Crippen molar-refractivity contribution in [2.24, 2.45) is 0 Å². The summed E-state index contributed by atoms with van der Waals surface area (Å²) in [6.07, 6.45) is 1.96. The zero-order valence-electron chi connectivity index (χ0n) is 6.92. The standard InChI is InChI=1S/C6H15ClO2SSi/c1-8-11(9-2)6(7)4-3-5-10/h6,10-11H,3-5H2,1-2H3. The third kappa shape index (κ3) is 5.09. The van der Waals surface area contributed by atoms with Gasteiger partial charge in [0, 0.05) is 14.2 Å². The normalized spacial score (nSPS) is 13.9. The van der Waals surface area contributed by atoms with Crippen LogP contribution >= 0.6 is 24.2 Å². The molecule has 0 spiro atoms. The number of rotatable bonds is 6. The molecule has 0 aromatic rings. The van der Waals surface area contributed by atoms with Gasteiger partial charge in [0.1, 0.15) is 0 Å². The van der Waals surface area contributed by atoms with Crippen molar-refractivity contribution >= 4 is 33.5 Å². The van der Waals surface area contributed by atoms with Gasteiger partial charge in [-0.2, -0.15) is 12.6 Å². The summed E-state index contributed by atoms with van der Waals surface area (Å²) in [6, 6.07) is 0. The Labute approximate surface area is 80.5 Å². The lowest BCUT2D eigenvalue weighted by molar-refractivity contribution is 0.273. The molecule has 2 nitrogen and oxygen atoms in total. The molecule has 0 fully saturated rings. The van der Waals surface area contributed by atoms with Gasteiger partial charge in [0.25, 0.3) is 0 Å². The van der Waals surface area contributed by atoms with Gasteiger partial charge in [0.15, 0.2) is 0 Å².